The summed E-state index contributed by atoms with van der Waals surface area (Å²) in [5.74, 6) is -0.407. The van der Waals surface area contributed by atoms with Gasteiger partial charge in [0.1, 0.15) is 12.3 Å². The lowest BCUT2D eigenvalue weighted by molar-refractivity contribution is -0.137. The number of carbonyl (C=O) groups is 2. The van der Waals surface area contributed by atoms with E-state index < -0.39 is 23.6 Å². The second-order valence-electron chi connectivity index (χ2n) is 6.74. The third-order valence-electron chi connectivity index (χ3n) is 4.24. The Labute approximate surface area is 167 Å². The third kappa shape index (κ3) is 6.92. The van der Waals surface area contributed by atoms with Gasteiger partial charge in [0, 0.05) is 18.2 Å². The highest BCUT2D eigenvalue weighted by molar-refractivity contribution is 5.99. The van der Waals surface area contributed by atoms with E-state index in [-0.39, 0.29) is 24.5 Å². The van der Waals surface area contributed by atoms with E-state index in [1.807, 2.05) is 6.92 Å². The summed E-state index contributed by atoms with van der Waals surface area (Å²) in [6, 6.07) is 5.74. The average molecular weight is 411 g/mol. The Bertz CT molecular complexity index is 834. The first-order chi connectivity index (χ1) is 13.7. The Balaban J connectivity index is 2.13. The second kappa shape index (κ2) is 10.1. The maximum absolute atomic E-state index is 13.0. The van der Waals surface area contributed by atoms with Crippen LogP contribution in [0, 0.1) is 6.92 Å². The van der Waals surface area contributed by atoms with Crippen molar-refractivity contribution in [3.8, 4) is 0 Å². The molecule has 2 aromatic rings. The van der Waals surface area contributed by atoms with Gasteiger partial charge in [-0.1, -0.05) is 37.4 Å². The van der Waals surface area contributed by atoms with E-state index >= 15 is 0 Å². The number of benzene rings is 1. The number of amides is 2. The van der Waals surface area contributed by atoms with Crippen LogP contribution < -0.4 is 5.32 Å². The number of alkyl halides is 3. The minimum absolute atomic E-state index is 0.111. The van der Waals surface area contributed by atoms with Gasteiger partial charge in [0.05, 0.1) is 5.56 Å². The minimum Gasteiger partial charge on any atom is -0.360 e. The van der Waals surface area contributed by atoms with Crippen molar-refractivity contribution in [3.63, 3.8) is 0 Å². The second-order valence-corrected chi connectivity index (χ2v) is 6.74. The van der Waals surface area contributed by atoms with Crippen LogP contribution in [0.15, 0.2) is 34.9 Å². The van der Waals surface area contributed by atoms with Gasteiger partial charge in [-0.3, -0.25) is 9.59 Å². The van der Waals surface area contributed by atoms with Crippen LogP contribution in [0.4, 0.5) is 19.0 Å². The molecule has 158 valence electrons. The highest BCUT2D eigenvalue weighted by Crippen LogP contribution is 2.29. The van der Waals surface area contributed by atoms with Gasteiger partial charge in [0.2, 0.25) is 5.91 Å². The lowest BCUT2D eigenvalue weighted by atomic mass is 10.1. The Hall–Kier alpha value is -2.84. The highest BCUT2D eigenvalue weighted by Gasteiger charge is 2.31. The summed E-state index contributed by atoms with van der Waals surface area (Å²) in [5.41, 5.74) is -1.02. The fourth-order valence-electron chi connectivity index (χ4n) is 2.77. The molecule has 0 fully saturated rings. The van der Waals surface area contributed by atoms with Crippen LogP contribution in [0.5, 0.6) is 0 Å². The van der Waals surface area contributed by atoms with Crippen LogP contribution in [0.25, 0.3) is 0 Å². The molecular formula is C20H24F3N3O3. The monoisotopic (exact) mass is 411 g/mol. The normalized spacial score (nSPS) is 11.3. The zero-order chi connectivity index (χ0) is 21.4. The Kier molecular flexibility index (Phi) is 7.81. The van der Waals surface area contributed by atoms with E-state index in [4.69, 9.17) is 4.52 Å². The van der Waals surface area contributed by atoms with Crippen LogP contribution >= 0.6 is 0 Å². The fourth-order valence-corrected chi connectivity index (χ4v) is 2.77. The predicted molar refractivity (Wildman–Crippen MR) is 101 cm³/mol. The SMILES string of the molecule is CCCCCCN(CC(=O)Nc1cc(C)on1)C(=O)c1cccc(C(F)(F)F)c1. The number of anilines is 1. The van der Waals surface area contributed by atoms with E-state index in [1.165, 1.54) is 23.1 Å². The van der Waals surface area contributed by atoms with Crippen molar-refractivity contribution in [1.29, 1.82) is 0 Å². The molecule has 2 amide bonds. The van der Waals surface area contributed by atoms with E-state index in [2.05, 4.69) is 10.5 Å². The van der Waals surface area contributed by atoms with Crippen molar-refractivity contribution in [1.82, 2.24) is 10.1 Å². The van der Waals surface area contributed by atoms with Gasteiger partial charge in [0.25, 0.3) is 5.91 Å². The molecule has 1 heterocycles. The summed E-state index contributed by atoms with van der Waals surface area (Å²) in [6.45, 7) is 3.67. The molecule has 0 atom stereocenters. The molecule has 0 aliphatic rings. The molecule has 29 heavy (non-hydrogen) atoms. The van der Waals surface area contributed by atoms with Crippen molar-refractivity contribution < 1.29 is 27.3 Å². The number of hydrogen-bond donors (Lipinski definition) is 1. The Morgan fingerprint density at radius 3 is 2.55 bits per heavy atom. The third-order valence-corrected chi connectivity index (χ3v) is 4.24. The number of nitrogens with one attached hydrogen (secondary N) is 1. The van der Waals surface area contributed by atoms with E-state index in [0.29, 0.717) is 12.2 Å². The van der Waals surface area contributed by atoms with Gasteiger partial charge >= 0.3 is 6.18 Å². The van der Waals surface area contributed by atoms with Gasteiger partial charge in [-0.25, -0.2) is 0 Å². The molecule has 0 radical (unpaired) electrons. The number of aromatic nitrogens is 1. The van der Waals surface area contributed by atoms with Crippen LogP contribution in [-0.4, -0.2) is 35.0 Å². The molecule has 0 unspecified atom stereocenters. The fraction of sp³-hybridized carbons (Fsp3) is 0.450. The largest absolute Gasteiger partial charge is 0.416 e. The van der Waals surface area contributed by atoms with Gasteiger partial charge in [-0.05, 0) is 31.5 Å². The molecule has 0 bridgehead atoms. The highest BCUT2D eigenvalue weighted by atomic mass is 19.4. The van der Waals surface area contributed by atoms with Crippen LogP contribution in [-0.2, 0) is 11.0 Å². The molecule has 0 saturated carbocycles. The van der Waals surface area contributed by atoms with E-state index in [9.17, 15) is 22.8 Å². The molecule has 2 rings (SSSR count). The number of halogens is 3. The lowest BCUT2D eigenvalue weighted by Crippen LogP contribution is -2.38. The van der Waals surface area contributed by atoms with Gasteiger partial charge in [-0.15, -0.1) is 0 Å². The molecule has 1 aromatic heterocycles. The van der Waals surface area contributed by atoms with Crippen molar-refractivity contribution in [3.05, 3.63) is 47.2 Å². The van der Waals surface area contributed by atoms with Crippen LogP contribution in [0.1, 0.15) is 54.3 Å². The van der Waals surface area contributed by atoms with Crippen LogP contribution in [0.2, 0.25) is 0 Å². The summed E-state index contributed by atoms with van der Waals surface area (Å²) in [6.07, 6.45) is -1.09. The summed E-state index contributed by atoms with van der Waals surface area (Å²) < 4.78 is 43.8. The van der Waals surface area contributed by atoms with Crippen molar-refractivity contribution in [2.75, 3.05) is 18.4 Å². The maximum Gasteiger partial charge on any atom is 0.416 e. The predicted octanol–water partition coefficient (Wildman–Crippen LogP) is 4.66. The maximum atomic E-state index is 13.0. The topological polar surface area (TPSA) is 75.4 Å². The van der Waals surface area contributed by atoms with E-state index in [0.717, 1.165) is 31.4 Å². The summed E-state index contributed by atoms with van der Waals surface area (Å²) in [7, 11) is 0. The Morgan fingerprint density at radius 1 is 1.17 bits per heavy atom. The molecule has 0 aliphatic carbocycles. The van der Waals surface area contributed by atoms with Crippen LogP contribution in [0.3, 0.4) is 0 Å². The first kappa shape index (κ1) is 22.4. The summed E-state index contributed by atoms with van der Waals surface area (Å²) in [4.78, 5) is 26.4. The zero-order valence-electron chi connectivity index (χ0n) is 16.4. The van der Waals surface area contributed by atoms with Crippen molar-refractivity contribution >= 4 is 17.6 Å². The number of carbonyl (C=O) groups excluding carboxylic acids is 2. The molecule has 1 N–H and O–H groups in total. The molecule has 9 heteroatoms. The molecule has 0 aliphatic heterocycles. The van der Waals surface area contributed by atoms with Crippen molar-refractivity contribution in [2.45, 2.75) is 45.7 Å². The molecule has 0 saturated heterocycles. The number of hydrogen-bond acceptors (Lipinski definition) is 4. The average Bonchev–Trinajstić information content (AvgIpc) is 3.07. The molecule has 1 aromatic carbocycles. The summed E-state index contributed by atoms with van der Waals surface area (Å²) >= 11 is 0. The number of aryl methyl sites for hydroxylation is 1. The summed E-state index contributed by atoms with van der Waals surface area (Å²) in [5, 5.41) is 6.17. The first-order valence-electron chi connectivity index (χ1n) is 9.40. The van der Waals surface area contributed by atoms with E-state index in [1.54, 1.807) is 6.92 Å². The molecule has 6 nitrogen and oxygen atoms in total. The standard InChI is InChI=1S/C20H24F3N3O3/c1-3-4-5-6-10-26(13-18(27)24-17-11-14(2)29-25-17)19(28)15-8-7-9-16(12-15)20(21,22)23/h7-9,11-12H,3-6,10,13H2,1-2H3,(H,24,25,27). The number of rotatable bonds is 9. The first-order valence-corrected chi connectivity index (χ1v) is 9.40. The Morgan fingerprint density at radius 2 is 1.93 bits per heavy atom. The number of unbranched alkanes of at least 4 members (excludes halogenated alkanes) is 3. The quantitative estimate of drug-likeness (QED) is 0.609. The smallest absolute Gasteiger partial charge is 0.360 e. The molecular weight excluding hydrogens is 387 g/mol. The minimum atomic E-state index is -4.55. The lowest BCUT2D eigenvalue weighted by Gasteiger charge is -2.22. The van der Waals surface area contributed by atoms with Crippen molar-refractivity contribution in [2.24, 2.45) is 0 Å². The van der Waals surface area contributed by atoms with Gasteiger partial charge in [-0.2, -0.15) is 13.2 Å². The van der Waals surface area contributed by atoms with Gasteiger partial charge in [0.15, 0.2) is 5.82 Å². The van der Waals surface area contributed by atoms with Gasteiger partial charge < -0.3 is 14.7 Å². The molecule has 0 spiro atoms. The zero-order valence-corrected chi connectivity index (χ0v) is 16.4. The number of nitrogens with zero attached hydrogens (tertiary/aromatic N) is 2.